The second-order valence-electron chi connectivity index (χ2n) is 5.43. The number of hydrazone groups is 1. The van der Waals surface area contributed by atoms with Crippen LogP contribution in [0.3, 0.4) is 0 Å². The van der Waals surface area contributed by atoms with Gasteiger partial charge in [0.1, 0.15) is 11.3 Å². The van der Waals surface area contributed by atoms with Crippen LogP contribution in [0.2, 0.25) is 0 Å². The Morgan fingerprint density at radius 3 is 2.31 bits per heavy atom. The van der Waals surface area contributed by atoms with Crippen LogP contribution in [0.15, 0.2) is 59.7 Å². The van der Waals surface area contributed by atoms with Gasteiger partial charge >= 0.3 is 11.9 Å². The molecule has 0 aliphatic heterocycles. The van der Waals surface area contributed by atoms with Crippen molar-refractivity contribution in [1.82, 2.24) is 0 Å². The van der Waals surface area contributed by atoms with Gasteiger partial charge < -0.3 is 15.3 Å². The standard InChI is InChI=1S/C19H14N2O5/c22-17-14(19(25)26)9-11-5-1-2-6-12(11)15(17)10-20-21-16-8-4-3-7-13(16)18(23)24/h1-10,21-22H,(H,23,24)(H,25,26)/b20-10-. The van der Waals surface area contributed by atoms with Crippen LogP contribution in [-0.4, -0.2) is 33.5 Å². The first kappa shape index (κ1) is 17.0. The van der Waals surface area contributed by atoms with Crippen LogP contribution in [0, 0.1) is 0 Å². The molecule has 0 bridgehead atoms. The molecule has 0 saturated heterocycles. The number of aromatic hydroxyl groups is 1. The van der Waals surface area contributed by atoms with Crippen molar-refractivity contribution in [2.24, 2.45) is 5.10 Å². The van der Waals surface area contributed by atoms with Crippen molar-refractivity contribution in [2.75, 3.05) is 5.43 Å². The van der Waals surface area contributed by atoms with E-state index in [1.54, 1.807) is 42.5 Å². The van der Waals surface area contributed by atoms with Crippen molar-refractivity contribution < 1.29 is 24.9 Å². The number of phenols is 1. The fourth-order valence-electron chi connectivity index (χ4n) is 2.59. The van der Waals surface area contributed by atoms with E-state index < -0.39 is 17.7 Å². The highest BCUT2D eigenvalue weighted by molar-refractivity contribution is 6.08. The largest absolute Gasteiger partial charge is 0.506 e. The highest BCUT2D eigenvalue weighted by Crippen LogP contribution is 2.30. The number of benzene rings is 3. The molecule has 130 valence electrons. The molecule has 0 aromatic heterocycles. The van der Waals surface area contributed by atoms with Crippen LogP contribution in [0.4, 0.5) is 5.69 Å². The maximum Gasteiger partial charge on any atom is 0.339 e. The molecule has 0 fully saturated rings. The summed E-state index contributed by atoms with van der Waals surface area (Å²) in [5, 5.41) is 34.0. The SMILES string of the molecule is O=C(O)c1ccccc1N/N=C\c1c(O)c(C(=O)O)cc2ccccc12. The molecule has 26 heavy (non-hydrogen) atoms. The van der Waals surface area contributed by atoms with Gasteiger partial charge in [-0.15, -0.1) is 0 Å². The molecule has 3 aromatic rings. The molecule has 0 heterocycles. The third kappa shape index (κ3) is 3.18. The zero-order valence-electron chi connectivity index (χ0n) is 13.4. The molecule has 0 amide bonds. The number of nitrogens with one attached hydrogen (secondary N) is 1. The predicted molar refractivity (Wildman–Crippen MR) is 97.2 cm³/mol. The van der Waals surface area contributed by atoms with Crippen LogP contribution < -0.4 is 5.43 Å². The van der Waals surface area contributed by atoms with Gasteiger partial charge in [-0.05, 0) is 29.0 Å². The normalized spacial score (nSPS) is 10.9. The smallest absolute Gasteiger partial charge is 0.339 e. The van der Waals surface area contributed by atoms with Crippen LogP contribution in [0.1, 0.15) is 26.3 Å². The van der Waals surface area contributed by atoms with Gasteiger partial charge in [0.2, 0.25) is 0 Å². The summed E-state index contributed by atoms with van der Waals surface area (Å²) in [7, 11) is 0. The Morgan fingerprint density at radius 1 is 0.923 bits per heavy atom. The van der Waals surface area contributed by atoms with E-state index in [4.69, 9.17) is 5.11 Å². The van der Waals surface area contributed by atoms with E-state index >= 15 is 0 Å². The van der Waals surface area contributed by atoms with Gasteiger partial charge in [0.05, 0.1) is 17.5 Å². The van der Waals surface area contributed by atoms with Crippen LogP contribution in [-0.2, 0) is 0 Å². The lowest BCUT2D eigenvalue weighted by Crippen LogP contribution is -2.03. The minimum absolute atomic E-state index is 0.0398. The number of hydrogen-bond donors (Lipinski definition) is 4. The lowest BCUT2D eigenvalue weighted by molar-refractivity contribution is 0.0684. The van der Waals surface area contributed by atoms with Crippen molar-refractivity contribution in [3.63, 3.8) is 0 Å². The van der Waals surface area contributed by atoms with Gasteiger partial charge in [-0.1, -0.05) is 36.4 Å². The zero-order valence-corrected chi connectivity index (χ0v) is 13.4. The molecular formula is C19H14N2O5. The Hall–Kier alpha value is -3.87. The van der Waals surface area contributed by atoms with Crippen molar-refractivity contribution in [2.45, 2.75) is 0 Å². The van der Waals surface area contributed by atoms with E-state index in [1.165, 1.54) is 18.3 Å². The molecule has 7 nitrogen and oxygen atoms in total. The topological polar surface area (TPSA) is 119 Å². The molecule has 0 aliphatic carbocycles. The quantitative estimate of drug-likeness (QED) is 0.414. The fourth-order valence-corrected chi connectivity index (χ4v) is 2.59. The van der Waals surface area contributed by atoms with Gasteiger partial charge in [0, 0.05) is 5.56 Å². The third-order valence-electron chi connectivity index (χ3n) is 3.83. The fraction of sp³-hybridized carbons (Fsp3) is 0. The molecule has 0 saturated carbocycles. The van der Waals surface area contributed by atoms with Crippen LogP contribution in [0.5, 0.6) is 5.75 Å². The average Bonchev–Trinajstić information content (AvgIpc) is 2.63. The van der Waals surface area contributed by atoms with Gasteiger partial charge in [-0.2, -0.15) is 5.10 Å². The first-order valence-corrected chi connectivity index (χ1v) is 7.58. The monoisotopic (exact) mass is 350 g/mol. The number of carbonyl (C=O) groups is 2. The molecule has 3 aromatic carbocycles. The van der Waals surface area contributed by atoms with E-state index in [2.05, 4.69) is 10.5 Å². The van der Waals surface area contributed by atoms with Crippen molar-refractivity contribution in [3.8, 4) is 5.75 Å². The minimum atomic E-state index is -1.26. The van der Waals surface area contributed by atoms with E-state index in [1.807, 2.05) is 0 Å². The van der Waals surface area contributed by atoms with Gasteiger partial charge in [0.25, 0.3) is 0 Å². The van der Waals surface area contributed by atoms with E-state index in [0.29, 0.717) is 10.8 Å². The van der Waals surface area contributed by atoms with Crippen molar-refractivity contribution >= 4 is 34.6 Å². The molecule has 0 aliphatic rings. The first-order chi connectivity index (χ1) is 12.5. The molecule has 0 radical (unpaired) electrons. The van der Waals surface area contributed by atoms with E-state index in [-0.39, 0.29) is 22.4 Å². The summed E-state index contributed by atoms with van der Waals surface area (Å²) in [5.41, 5.74) is 2.91. The summed E-state index contributed by atoms with van der Waals surface area (Å²) in [6.45, 7) is 0. The number of nitrogens with zero attached hydrogens (tertiary/aromatic N) is 1. The third-order valence-corrected chi connectivity index (χ3v) is 3.83. The summed E-state index contributed by atoms with van der Waals surface area (Å²) in [4.78, 5) is 22.6. The number of rotatable bonds is 5. The Kier molecular flexibility index (Phi) is 4.53. The highest BCUT2D eigenvalue weighted by Gasteiger charge is 2.16. The summed E-state index contributed by atoms with van der Waals surface area (Å²) in [5.74, 6) is -2.77. The zero-order chi connectivity index (χ0) is 18.7. The van der Waals surface area contributed by atoms with Gasteiger partial charge in [-0.3, -0.25) is 5.43 Å². The Labute approximate surface area is 147 Å². The molecule has 0 spiro atoms. The number of para-hydroxylation sites is 1. The second kappa shape index (κ2) is 6.94. The molecular weight excluding hydrogens is 336 g/mol. The number of carboxylic acids is 2. The lowest BCUT2D eigenvalue weighted by Gasteiger charge is -2.09. The van der Waals surface area contributed by atoms with Gasteiger partial charge in [0.15, 0.2) is 0 Å². The maximum absolute atomic E-state index is 11.3. The Balaban J connectivity index is 2.03. The number of hydrogen-bond acceptors (Lipinski definition) is 5. The first-order valence-electron chi connectivity index (χ1n) is 7.58. The molecule has 4 N–H and O–H groups in total. The highest BCUT2D eigenvalue weighted by atomic mass is 16.4. The summed E-state index contributed by atoms with van der Waals surface area (Å²) < 4.78 is 0. The molecule has 0 unspecified atom stereocenters. The summed E-state index contributed by atoms with van der Waals surface area (Å²) in [6.07, 6.45) is 1.27. The molecule has 0 atom stereocenters. The Morgan fingerprint density at radius 2 is 1.58 bits per heavy atom. The number of carboxylic acid groups (broad SMARTS) is 2. The Bertz CT molecular complexity index is 1040. The predicted octanol–water partition coefficient (Wildman–Crippen LogP) is 3.39. The summed E-state index contributed by atoms with van der Waals surface area (Å²) >= 11 is 0. The number of anilines is 1. The summed E-state index contributed by atoms with van der Waals surface area (Å²) in [6, 6.07) is 14.6. The van der Waals surface area contributed by atoms with Gasteiger partial charge in [-0.25, -0.2) is 9.59 Å². The van der Waals surface area contributed by atoms with Crippen LogP contribution in [0.25, 0.3) is 10.8 Å². The van der Waals surface area contributed by atoms with E-state index in [9.17, 15) is 19.8 Å². The van der Waals surface area contributed by atoms with E-state index in [0.717, 1.165) is 0 Å². The molecule has 3 rings (SSSR count). The molecule has 7 heteroatoms. The average molecular weight is 350 g/mol. The lowest BCUT2D eigenvalue weighted by atomic mass is 10.00. The second-order valence-corrected chi connectivity index (χ2v) is 5.43. The number of aromatic carboxylic acids is 2. The van der Waals surface area contributed by atoms with Crippen molar-refractivity contribution in [1.29, 1.82) is 0 Å². The van der Waals surface area contributed by atoms with Crippen molar-refractivity contribution in [3.05, 3.63) is 71.3 Å². The number of fused-ring (bicyclic) bond motifs is 1. The maximum atomic E-state index is 11.3. The van der Waals surface area contributed by atoms with Crippen LogP contribution >= 0.6 is 0 Å². The minimum Gasteiger partial charge on any atom is -0.506 e.